The summed E-state index contributed by atoms with van der Waals surface area (Å²) in [4.78, 5) is 9.22. The van der Waals surface area contributed by atoms with Crippen LogP contribution in [0.1, 0.15) is 17.5 Å². The number of hydrogen-bond acceptors (Lipinski definition) is 4. The lowest BCUT2D eigenvalue weighted by molar-refractivity contribution is 0.0752. The number of alkyl halides is 2. The standard InChI is InChI=1S/C26H36Cl2N4/c1-29-15-16-30-13-8-14-31(21-23-9-4-2-5-10-23)18-20-32(19-17-30)26(28,25(27)22-29)24-11-6-3-7-12-24/h2-7,9-12,25H,8,13-22H2,1H3. The summed E-state index contributed by atoms with van der Waals surface area (Å²) in [7, 11) is 2.16. The second-order valence-corrected chi connectivity index (χ2v) is 10.3. The third-order valence-electron chi connectivity index (χ3n) is 6.89. The van der Waals surface area contributed by atoms with Crippen molar-refractivity contribution in [2.75, 3.05) is 66.0 Å². The highest BCUT2D eigenvalue weighted by atomic mass is 35.5. The summed E-state index contributed by atoms with van der Waals surface area (Å²) in [6.45, 7) is 9.87. The predicted molar refractivity (Wildman–Crippen MR) is 135 cm³/mol. The third-order valence-corrected chi connectivity index (χ3v) is 8.18. The SMILES string of the molecule is CN1CCN2CCCN(Cc3ccccc3)CCN(CC2)C(Cl)(c2ccccc2)C(Cl)C1. The van der Waals surface area contributed by atoms with Crippen molar-refractivity contribution in [3.05, 3.63) is 71.8 Å². The smallest absolute Gasteiger partial charge is 0.139 e. The van der Waals surface area contributed by atoms with E-state index in [-0.39, 0.29) is 5.38 Å². The molecule has 2 aliphatic heterocycles. The lowest BCUT2D eigenvalue weighted by Crippen LogP contribution is -2.57. The number of rotatable bonds is 3. The number of likely N-dealkylation sites (N-methyl/N-ethyl adjacent to an activating group) is 1. The van der Waals surface area contributed by atoms with E-state index in [9.17, 15) is 0 Å². The molecule has 2 bridgehead atoms. The largest absolute Gasteiger partial charge is 0.303 e. The van der Waals surface area contributed by atoms with Gasteiger partial charge < -0.3 is 9.80 Å². The maximum absolute atomic E-state index is 7.57. The Morgan fingerprint density at radius 1 is 0.812 bits per heavy atom. The summed E-state index contributed by atoms with van der Waals surface area (Å²) in [6.07, 6.45) is 1.19. The number of fused-ring (bicyclic) bond motifs is 3. The molecule has 4 rings (SSSR count). The minimum absolute atomic E-state index is 0.214. The van der Waals surface area contributed by atoms with Crippen LogP contribution in [0.3, 0.4) is 0 Å². The van der Waals surface area contributed by atoms with Crippen molar-refractivity contribution in [1.82, 2.24) is 19.6 Å². The fourth-order valence-corrected chi connectivity index (χ4v) is 5.82. The van der Waals surface area contributed by atoms with E-state index in [2.05, 4.69) is 81.2 Å². The van der Waals surface area contributed by atoms with Gasteiger partial charge in [-0.2, -0.15) is 0 Å². The van der Waals surface area contributed by atoms with Crippen LogP contribution in [-0.4, -0.2) is 90.9 Å². The fraction of sp³-hybridized carbons (Fsp3) is 0.538. The zero-order valence-electron chi connectivity index (χ0n) is 19.2. The summed E-state index contributed by atoms with van der Waals surface area (Å²) < 4.78 is 0. The molecule has 0 amide bonds. The van der Waals surface area contributed by atoms with Crippen LogP contribution in [0.5, 0.6) is 0 Å². The van der Waals surface area contributed by atoms with Gasteiger partial charge in [0.05, 0.1) is 5.38 Å². The molecule has 0 radical (unpaired) electrons. The zero-order chi connectivity index (χ0) is 22.4. The highest BCUT2D eigenvalue weighted by molar-refractivity contribution is 6.32. The number of hydrogen-bond donors (Lipinski definition) is 0. The molecule has 2 fully saturated rings. The molecule has 2 aliphatic rings. The van der Waals surface area contributed by atoms with Gasteiger partial charge in [-0.25, -0.2) is 0 Å². The van der Waals surface area contributed by atoms with Gasteiger partial charge in [-0.3, -0.25) is 9.80 Å². The van der Waals surface area contributed by atoms with Crippen molar-refractivity contribution in [2.45, 2.75) is 23.3 Å². The summed E-state index contributed by atoms with van der Waals surface area (Å²) in [5.74, 6) is 0. The van der Waals surface area contributed by atoms with Crippen molar-refractivity contribution in [2.24, 2.45) is 0 Å². The van der Waals surface area contributed by atoms with Gasteiger partial charge in [0.15, 0.2) is 0 Å². The molecule has 0 N–H and O–H groups in total. The first kappa shape index (κ1) is 24.0. The van der Waals surface area contributed by atoms with Gasteiger partial charge in [0, 0.05) is 52.4 Å². The van der Waals surface area contributed by atoms with Crippen LogP contribution in [-0.2, 0) is 11.5 Å². The minimum atomic E-state index is -0.738. The Morgan fingerprint density at radius 3 is 2.22 bits per heavy atom. The van der Waals surface area contributed by atoms with Gasteiger partial charge in [-0.1, -0.05) is 72.3 Å². The molecular weight excluding hydrogens is 439 g/mol. The van der Waals surface area contributed by atoms with Crippen LogP contribution in [0, 0.1) is 0 Å². The van der Waals surface area contributed by atoms with E-state index in [0.717, 1.165) is 71.0 Å². The topological polar surface area (TPSA) is 13.0 Å². The summed E-state index contributed by atoms with van der Waals surface area (Å²) in [5.41, 5.74) is 2.46. The third kappa shape index (κ3) is 5.85. The minimum Gasteiger partial charge on any atom is -0.303 e. The van der Waals surface area contributed by atoms with Crippen LogP contribution < -0.4 is 0 Å². The van der Waals surface area contributed by atoms with E-state index >= 15 is 0 Å². The summed E-state index contributed by atoms with van der Waals surface area (Å²) >= 11 is 14.7. The van der Waals surface area contributed by atoms with Crippen LogP contribution in [0.15, 0.2) is 60.7 Å². The monoisotopic (exact) mass is 474 g/mol. The molecular formula is C26H36Cl2N4. The average Bonchev–Trinajstić information content (AvgIpc) is 2.82. The second kappa shape index (κ2) is 11.3. The molecule has 6 heteroatoms. The normalized spacial score (nSPS) is 31.3. The molecule has 0 aromatic heterocycles. The van der Waals surface area contributed by atoms with Crippen LogP contribution >= 0.6 is 23.2 Å². The second-order valence-electron chi connectivity index (χ2n) is 9.21. The molecule has 4 unspecified atom stereocenters. The highest BCUT2D eigenvalue weighted by Gasteiger charge is 2.44. The predicted octanol–water partition coefficient (Wildman–Crippen LogP) is 4.14. The fourth-order valence-electron chi connectivity index (χ4n) is 4.96. The Hall–Kier alpha value is -1.14. The highest BCUT2D eigenvalue weighted by Crippen LogP contribution is 2.40. The van der Waals surface area contributed by atoms with E-state index in [1.165, 1.54) is 12.0 Å². The molecule has 4 atom stereocenters. The maximum Gasteiger partial charge on any atom is 0.139 e. The number of halogens is 2. The van der Waals surface area contributed by atoms with Gasteiger partial charge >= 0.3 is 0 Å². The van der Waals surface area contributed by atoms with Gasteiger partial charge in [0.25, 0.3) is 0 Å². The summed E-state index contributed by atoms with van der Waals surface area (Å²) in [6, 6.07) is 21.2. The molecule has 174 valence electrons. The Balaban J connectivity index is 1.63. The van der Waals surface area contributed by atoms with Crippen molar-refractivity contribution in [3.8, 4) is 0 Å². The molecule has 2 aromatic rings. The van der Waals surface area contributed by atoms with E-state index < -0.39 is 5.00 Å². The molecule has 2 heterocycles. The van der Waals surface area contributed by atoms with Crippen molar-refractivity contribution < 1.29 is 0 Å². The molecule has 0 saturated carbocycles. The quantitative estimate of drug-likeness (QED) is 0.489. The molecule has 32 heavy (non-hydrogen) atoms. The average molecular weight is 476 g/mol. The Kier molecular flexibility index (Phi) is 8.49. The maximum atomic E-state index is 7.57. The summed E-state index contributed by atoms with van der Waals surface area (Å²) in [5, 5.41) is -0.214. The van der Waals surface area contributed by atoms with Crippen molar-refractivity contribution >= 4 is 23.2 Å². The van der Waals surface area contributed by atoms with E-state index in [1.807, 2.05) is 6.07 Å². The lowest BCUT2D eigenvalue weighted by Gasteiger charge is -2.46. The lowest BCUT2D eigenvalue weighted by atomic mass is 9.99. The van der Waals surface area contributed by atoms with E-state index in [0.29, 0.717) is 0 Å². The Labute approximate surface area is 203 Å². The first-order valence-electron chi connectivity index (χ1n) is 11.9. The van der Waals surface area contributed by atoms with E-state index in [4.69, 9.17) is 23.2 Å². The Bertz CT molecular complexity index is 821. The Morgan fingerprint density at radius 2 is 1.47 bits per heavy atom. The zero-order valence-corrected chi connectivity index (χ0v) is 20.7. The van der Waals surface area contributed by atoms with Gasteiger partial charge in [-0.15, -0.1) is 11.6 Å². The van der Waals surface area contributed by atoms with Crippen molar-refractivity contribution in [3.63, 3.8) is 0 Å². The molecule has 4 nitrogen and oxygen atoms in total. The number of benzene rings is 2. The number of nitrogens with zero attached hydrogens (tertiary/aromatic N) is 4. The molecule has 0 aliphatic carbocycles. The van der Waals surface area contributed by atoms with Gasteiger partial charge in [0.2, 0.25) is 0 Å². The molecule has 2 aromatic carbocycles. The van der Waals surface area contributed by atoms with Crippen LogP contribution in [0.25, 0.3) is 0 Å². The molecule has 0 spiro atoms. The van der Waals surface area contributed by atoms with Gasteiger partial charge in [0.1, 0.15) is 5.00 Å². The van der Waals surface area contributed by atoms with Crippen molar-refractivity contribution in [1.29, 1.82) is 0 Å². The molecule has 2 saturated heterocycles. The van der Waals surface area contributed by atoms with Gasteiger partial charge in [-0.05, 0) is 37.7 Å². The van der Waals surface area contributed by atoms with Crippen LogP contribution in [0.4, 0.5) is 0 Å². The van der Waals surface area contributed by atoms with E-state index in [1.54, 1.807) is 0 Å². The van der Waals surface area contributed by atoms with Crippen LogP contribution in [0.2, 0.25) is 0 Å². The first-order chi connectivity index (χ1) is 15.6. The first-order valence-corrected chi connectivity index (χ1v) is 12.7.